The highest BCUT2D eigenvalue weighted by molar-refractivity contribution is 14.1. The lowest BCUT2D eigenvalue weighted by Gasteiger charge is -2.19. The molecule has 0 spiro atoms. The van der Waals surface area contributed by atoms with Gasteiger partial charge in [-0.05, 0) is 17.7 Å². The van der Waals surface area contributed by atoms with Crippen LogP contribution in [0.15, 0.2) is 60.7 Å². The van der Waals surface area contributed by atoms with Crippen LogP contribution in [0.25, 0.3) is 0 Å². The minimum Gasteiger partial charge on any atom is -0.459 e. The third kappa shape index (κ3) is 5.26. The molecule has 0 saturated carbocycles. The first kappa shape index (κ1) is 18.4. The lowest BCUT2D eigenvalue weighted by atomic mass is 10.1. The van der Waals surface area contributed by atoms with Gasteiger partial charge in [-0.3, -0.25) is 0 Å². The van der Waals surface area contributed by atoms with E-state index in [2.05, 4.69) is 22.6 Å². The smallest absolute Gasteiger partial charge is 0.338 e. The van der Waals surface area contributed by atoms with Crippen LogP contribution in [-0.4, -0.2) is 35.3 Å². The molecule has 0 amide bonds. The Balaban J connectivity index is 1.55. The number of rotatable bonds is 7. The van der Waals surface area contributed by atoms with Crippen molar-refractivity contribution in [3.63, 3.8) is 0 Å². The molecule has 1 fully saturated rings. The van der Waals surface area contributed by atoms with E-state index in [0.29, 0.717) is 12.2 Å². The molecule has 4 nitrogen and oxygen atoms in total. The Morgan fingerprint density at radius 3 is 2.44 bits per heavy atom. The van der Waals surface area contributed by atoms with Crippen molar-refractivity contribution in [3.8, 4) is 0 Å². The Bertz CT molecular complexity index is 662. The van der Waals surface area contributed by atoms with Crippen LogP contribution >= 0.6 is 22.6 Å². The summed E-state index contributed by atoms with van der Waals surface area (Å²) in [7, 11) is 0. The van der Waals surface area contributed by atoms with Crippen molar-refractivity contribution in [2.45, 2.75) is 31.3 Å². The Labute approximate surface area is 161 Å². The maximum absolute atomic E-state index is 12.1. The van der Waals surface area contributed by atoms with E-state index in [9.17, 15) is 4.79 Å². The van der Waals surface area contributed by atoms with Gasteiger partial charge < -0.3 is 14.2 Å². The molecular formula is C20H21IO4. The number of alkyl halides is 1. The van der Waals surface area contributed by atoms with Crippen LogP contribution in [0.3, 0.4) is 0 Å². The van der Waals surface area contributed by atoms with Crippen LogP contribution in [0.2, 0.25) is 0 Å². The second-order valence-electron chi connectivity index (χ2n) is 5.99. The number of hydrogen-bond acceptors (Lipinski definition) is 4. The third-order valence-corrected chi connectivity index (χ3v) is 5.13. The standard InChI is InChI=1S/C20H21IO4/c21-12-17-11-18(23-13-15-7-3-1-4-8-15)19(25-17)14-24-20(22)16-9-5-2-6-10-16/h1-10,17-19H,11-14H2/t17-,18-,19+/m0/s1. The van der Waals surface area contributed by atoms with Gasteiger partial charge in [0.15, 0.2) is 0 Å². The first-order valence-corrected chi connectivity index (χ1v) is 9.88. The molecule has 0 N–H and O–H groups in total. The normalized spacial score (nSPS) is 22.7. The number of benzene rings is 2. The molecule has 0 aliphatic carbocycles. The van der Waals surface area contributed by atoms with E-state index in [1.807, 2.05) is 48.5 Å². The average Bonchev–Trinajstić information content (AvgIpc) is 3.08. The van der Waals surface area contributed by atoms with E-state index in [1.54, 1.807) is 12.1 Å². The van der Waals surface area contributed by atoms with Crippen molar-refractivity contribution in [1.82, 2.24) is 0 Å². The summed E-state index contributed by atoms with van der Waals surface area (Å²) in [5.74, 6) is -0.330. The van der Waals surface area contributed by atoms with E-state index in [4.69, 9.17) is 14.2 Å². The van der Waals surface area contributed by atoms with Crippen molar-refractivity contribution in [3.05, 3.63) is 71.8 Å². The van der Waals surface area contributed by atoms with Crippen LogP contribution < -0.4 is 0 Å². The summed E-state index contributed by atoms with van der Waals surface area (Å²) in [5, 5.41) is 0. The van der Waals surface area contributed by atoms with Gasteiger partial charge in [0.05, 0.1) is 24.4 Å². The van der Waals surface area contributed by atoms with E-state index >= 15 is 0 Å². The van der Waals surface area contributed by atoms with Crippen LogP contribution in [0.5, 0.6) is 0 Å². The van der Waals surface area contributed by atoms with Gasteiger partial charge in [-0.2, -0.15) is 0 Å². The first-order chi connectivity index (χ1) is 12.3. The number of halogens is 1. The third-order valence-electron chi connectivity index (χ3n) is 4.14. The zero-order valence-corrected chi connectivity index (χ0v) is 16.0. The van der Waals surface area contributed by atoms with E-state index < -0.39 is 0 Å². The summed E-state index contributed by atoms with van der Waals surface area (Å²) in [4.78, 5) is 12.1. The summed E-state index contributed by atoms with van der Waals surface area (Å²) in [6, 6.07) is 19.1. The van der Waals surface area contributed by atoms with Gasteiger partial charge in [-0.25, -0.2) is 4.79 Å². The topological polar surface area (TPSA) is 44.8 Å². The second kappa shape index (κ2) is 9.31. The summed E-state index contributed by atoms with van der Waals surface area (Å²) >= 11 is 2.31. The fourth-order valence-electron chi connectivity index (χ4n) is 2.82. The Hall–Kier alpha value is -1.44. The van der Waals surface area contributed by atoms with Gasteiger partial charge in [0.2, 0.25) is 0 Å². The van der Waals surface area contributed by atoms with Crippen molar-refractivity contribution in [2.75, 3.05) is 11.0 Å². The molecule has 0 unspecified atom stereocenters. The lowest BCUT2D eigenvalue weighted by molar-refractivity contribution is -0.0551. The zero-order valence-electron chi connectivity index (χ0n) is 13.8. The molecule has 2 aromatic carbocycles. The van der Waals surface area contributed by atoms with Gasteiger partial charge in [0.1, 0.15) is 12.7 Å². The van der Waals surface area contributed by atoms with Crippen LogP contribution in [0.1, 0.15) is 22.3 Å². The molecule has 1 heterocycles. The predicted octanol–water partition coefficient (Wildman–Crippen LogP) is 4.02. The minimum absolute atomic E-state index is 0.0662. The van der Waals surface area contributed by atoms with Gasteiger partial charge in [-0.15, -0.1) is 0 Å². The maximum atomic E-state index is 12.1. The molecule has 0 aromatic heterocycles. The van der Waals surface area contributed by atoms with Gasteiger partial charge in [-0.1, -0.05) is 71.1 Å². The Morgan fingerprint density at radius 1 is 1.08 bits per heavy atom. The maximum Gasteiger partial charge on any atom is 0.338 e. The number of carbonyl (C=O) groups excluding carboxylic acids is 1. The molecule has 1 saturated heterocycles. The van der Waals surface area contributed by atoms with Crippen molar-refractivity contribution in [2.24, 2.45) is 0 Å². The highest BCUT2D eigenvalue weighted by Gasteiger charge is 2.36. The highest BCUT2D eigenvalue weighted by atomic mass is 127. The van der Waals surface area contributed by atoms with Crippen LogP contribution in [0.4, 0.5) is 0 Å². The molecule has 1 aliphatic heterocycles. The van der Waals surface area contributed by atoms with E-state index in [1.165, 1.54) is 0 Å². The van der Waals surface area contributed by atoms with Crippen molar-refractivity contribution in [1.29, 1.82) is 0 Å². The summed E-state index contributed by atoms with van der Waals surface area (Å²) < 4.78 is 18.4. The SMILES string of the molecule is O=C(OC[C@H]1O[C@H](CI)C[C@@H]1OCc1ccccc1)c1ccccc1. The van der Waals surface area contributed by atoms with Gasteiger partial charge >= 0.3 is 5.97 Å². The molecule has 132 valence electrons. The molecule has 0 radical (unpaired) electrons. The van der Waals surface area contributed by atoms with E-state index in [0.717, 1.165) is 16.4 Å². The fraction of sp³-hybridized carbons (Fsp3) is 0.350. The lowest BCUT2D eigenvalue weighted by Crippen LogP contribution is -2.30. The average molecular weight is 452 g/mol. The Morgan fingerprint density at radius 2 is 1.76 bits per heavy atom. The summed E-state index contributed by atoms with van der Waals surface area (Å²) in [6.45, 7) is 0.742. The molecule has 3 atom stereocenters. The van der Waals surface area contributed by atoms with Gasteiger partial charge in [0, 0.05) is 10.8 Å². The molecule has 1 aliphatic rings. The van der Waals surface area contributed by atoms with Crippen molar-refractivity contribution < 1.29 is 19.0 Å². The van der Waals surface area contributed by atoms with Crippen LogP contribution in [-0.2, 0) is 20.8 Å². The molecular weight excluding hydrogens is 431 g/mol. The molecule has 2 aromatic rings. The molecule has 0 bridgehead atoms. The fourth-order valence-corrected chi connectivity index (χ4v) is 3.38. The summed E-state index contributed by atoms with van der Waals surface area (Å²) in [5.41, 5.74) is 1.67. The monoisotopic (exact) mass is 452 g/mol. The first-order valence-electron chi connectivity index (χ1n) is 8.35. The summed E-state index contributed by atoms with van der Waals surface area (Å²) in [6.07, 6.45) is 0.671. The second-order valence-corrected chi connectivity index (χ2v) is 6.87. The molecule has 5 heteroatoms. The number of esters is 1. The van der Waals surface area contributed by atoms with E-state index in [-0.39, 0.29) is 30.9 Å². The zero-order chi connectivity index (χ0) is 17.5. The number of hydrogen-bond donors (Lipinski definition) is 0. The predicted molar refractivity (Wildman–Crippen MR) is 104 cm³/mol. The number of carbonyl (C=O) groups is 1. The largest absolute Gasteiger partial charge is 0.459 e. The Kier molecular flexibility index (Phi) is 6.84. The molecule has 3 rings (SSSR count). The highest BCUT2D eigenvalue weighted by Crippen LogP contribution is 2.26. The van der Waals surface area contributed by atoms with Crippen LogP contribution in [0, 0.1) is 0 Å². The minimum atomic E-state index is -0.330. The molecule has 25 heavy (non-hydrogen) atoms. The number of ether oxygens (including phenoxy) is 3. The van der Waals surface area contributed by atoms with Crippen molar-refractivity contribution >= 4 is 28.6 Å². The quantitative estimate of drug-likeness (QED) is 0.362. The van der Waals surface area contributed by atoms with Gasteiger partial charge in [0.25, 0.3) is 0 Å².